The lowest BCUT2D eigenvalue weighted by Crippen LogP contribution is -2.54. The third-order valence-corrected chi connectivity index (χ3v) is 4.38. The summed E-state index contributed by atoms with van der Waals surface area (Å²) in [4.78, 5) is 30.5. The Morgan fingerprint density at radius 2 is 1.92 bits per heavy atom. The number of hydrogen-bond acceptors (Lipinski definition) is 6. The summed E-state index contributed by atoms with van der Waals surface area (Å²) in [5.74, 6) is -0.220. The van der Waals surface area contributed by atoms with Crippen LogP contribution in [0.15, 0.2) is 12.3 Å². The molecular formula is C15H18ClF3N4O3. The van der Waals surface area contributed by atoms with Crippen LogP contribution in [-0.4, -0.2) is 61.2 Å². The van der Waals surface area contributed by atoms with E-state index in [4.69, 9.17) is 11.6 Å². The molecule has 0 radical (unpaired) electrons. The van der Waals surface area contributed by atoms with Crippen LogP contribution < -0.4 is 10.2 Å². The summed E-state index contributed by atoms with van der Waals surface area (Å²) < 4.78 is 42.4. The molecule has 1 N–H and O–H groups in total. The van der Waals surface area contributed by atoms with Gasteiger partial charge in [0.15, 0.2) is 0 Å². The number of carbonyl (C=O) groups excluding carboxylic acids is 2. The fourth-order valence-corrected chi connectivity index (χ4v) is 2.85. The molecule has 0 aliphatic carbocycles. The van der Waals surface area contributed by atoms with E-state index in [9.17, 15) is 22.8 Å². The Hall–Kier alpha value is -2.07. The first-order valence-corrected chi connectivity index (χ1v) is 8.12. The number of rotatable bonds is 3. The number of amides is 2. The highest BCUT2D eigenvalue weighted by molar-refractivity contribution is 6.33. The lowest BCUT2D eigenvalue weighted by Gasteiger charge is -2.38. The third-order valence-electron chi connectivity index (χ3n) is 4.10. The van der Waals surface area contributed by atoms with Gasteiger partial charge in [-0.15, -0.1) is 0 Å². The number of halogens is 4. The second-order valence-corrected chi connectivity index (χ2v) is 6.11. The molecule has 0 unspecified atom stereocenters. The van der Waals surface area contributed by atoms with Crippen molar-refractivity contribution in [1.29, 1.82) is 0 Å². The molecule has 1 aromatic heterocycles. The van der Waals surface area contributed by atoms with Crippen molar-refractivity contribution in [2.24, 2.45) is 0 Å². The minimum absolute atomic E-state index is 0.0789. The first-order chi connectivity index (χ1) is 12.1. The Labute approximate surface area is 153 Å². The number of aromatic nitrogens is 1. The average Bonchev–Trinajstić information content (AvgIpc) is 2.60. The van der Waals surface area contributed by atoms with Crippen LogP contribution in [0.1, 0.15) is 12.5 Å². The number of hydrogen-bond donors (Lipinski definition) is 1. The summed E-state index contributed by atoms with van der Waals surface area (Å²) in [5, 5.41) is 2.02. The summed E-state index contributed by atoms with van der Waals surface area (Å²) >= 11 is 5.96. The minimum Gasteiger partial charge on any atom is -0.453 e. The van der Waals surface area contributed by atoms with Gasteiger partial charge in [-0.2, -0.15) is 13.2 Å². The van der Waals surface area contributed by atoms with Gasteiger partial charge in [0.25, 0.3) is 0 Å². The van der Waals surface area contributed by atoms with Crippen LogP contribution in [0.5, 0.6) is 0 Å². The van der Waals surface area contributed by atoms with Gasteiger partial charge in [0, 0.05) is 32.4 Å². The van der Waals surface area contributed by atoms with Crippen LogP contribution in [0.3, 0.4) is 0 Å². The van der Waals surface area contributed by atoms with E-state index in [2.05, 4.69) is 15.0 Å². The predicted molar refractivity (Wildman–Crippen MR) is 88.0 cm³/mol. The minimum atomic E-state index is -4.50. The van der Waals surface area contributed by atoms with E-state index in [1.807, 2.05) is 4.90 Å². The number of imide groups is 1. The van der Waals surface area contributed by atoms with Crippen molar-refractivity contribution in [3.05, 3.63) is 22.8 Å². The average molecular weight is 395 g/mol. The molecular weight excluding hydrogens is 377 g/mol. The van der Waals surface area contributed by atoms with Gasteiger partial charge in [-0.05, 0) is 13.0 Å². The lowest BCUT2D eigenvalue weighted by atomic mass is 10.2. The highest BCUT2D eigenvalue weighted by Gasteiger charge is 2.33. The van der Waals surface area contributed by atoms with Crippen molar-refractivity contribution < 1.29 is 27.5 Å². The molecule has 26 heavy (non-hydrogen) atoms. The van der Waals surface area contributed by atoms with Crippen LogP contribution >= 0.6 is 11.6 Å². The molecule has 2 heterocycles. The fraction of sp³-hybridized carbons (Fsp3) is 0.533. The van der Waals surface area contributed by atoms with E-state index >= 15 is 0 Å². The SMILES string of the molecule is COC(=O)NC(=O)[C@@H](C)N1CCN(c2ncc(C(F)(F)F)cc2Cl)CC1. The van der Waals surface area contributed by atoms with Crippen molar-refractivity contribution in [2.75, 3.05) is 38.2 Å². The van der Waals surface area contributed by atoms with E-state index in [0.717, 1.165) is 19.4 Å². The zero-order chi connectivity index (χ0) is 19.5. The largest absolute Gasteiger partial charge is 0.453 e. The smallest absolute Gasteiger partial charge is 0.417 e. The van der Waals surface area contributed by atoms with Crippen molar-refractivity contribution in [3.8, 4) is 0 Å². The first kappa shape index (κ1) is 20.2. The normalized spacial score (nSPS) is 16.9. The van der Waals surface area contributed by atoms with Gasteiger partial charge in [0.1, 0.15) is 5.82 Å². The predicted octanol–water partition coefficient (Wildman–Crippen LogP) is 2.15. The zero-order valence-corrected chi connectivity index (χ0v) is 14.9. The molecule has 0 bridgehead atoms. The molecule has 0 saturated carbocycles. The number of methoxy groups -OCH3 is 1. The number of ether oxygens (including phenoxy) is 1. The van der Waals surface area contributed by atoms with Crippen molar-refractivity contribution in [1.82, 2.24) is 15.2 Å². The number of alkyl halides is 3. The number of alkyl carbamates (subject to hydrolysis) is 1. The van der Waals surface area contributed by atoms with Crippen LogP contribution in [0, 0.1) is 0 Å². The highest BCUT2D eigenvalue weighted by atomic mass is 35.5. The molecule has 1 atom stereocenters. The maximum atomic E-state index is 12.7. The maximum Gasteiger partial charge on any atom is 0.417 e. The second kappa shape index (κ2) is 8.09. The highest BCUT2D eigenvalue weighted by Crippen LogP contribution is 2.33. The molecule has 2 amide bonds. The molecule has 144 valence electrons. The molecule has 1 saturated heterocycles. The van der Waals surface area contributed by atoms with Gasteiger partial charge in [-0.25, -0.2) is 9.78 Å². The van der Waals surface area contributed by atoms with Gasteiger partial charge < -0.3 is 9.64 Å². The van der Waals surface area contributed by atoms with Gasteiger partial charge >= 0.3 is 12.3 Å². The van der Waals surface area contributed by atoms with Gasteiger partial charge in [0.05, 0.1) is 23.7 Å². The lowest BCUT2D eigenvalue weighted by molar-refractivity contribution is -0.137. The fourth-order valence-electron chi connectivity index (χ4n) is 2.56. The second-order valence-electron chi connectivity index (χ2n) is 5.71. The van der Waals surface area contributed by atoms with E-state index in [1.54, 1.807) is 11.8 Å². The van der Waals surface area contributed by atoms with Crippen molar-refractivity contribution in [2.45, 2.75) is 19.1 Å². The Bertz CT molecular complexity index is 679. The third kappa shape index (κ3) is 4.76. The number of piperazine rings is 1. The van der Waals surface area contributed by atoms with Gasteiger partial charge in [-0.1, -0.05) is 11.6 Å². The molecule has 1 aliphatic rings. The monoisotopic (exact) mass is 394 g/mol. The summed E-state index contributed by atoms with van der Waals surface area (Å²) in [5.41, 5.74) is -0.905. The quantitative estimate of drug-likeness (QED) is 0.846. The Morgan fingerprint density at radius 1 is 1.31 bits per heavy atom. The summed E-state index contributed by atoms with van der Waals surface area (Å²) in [7, 11) is 1.16. The number of carbonyl (C=O) groups is 2. The molecule has 7 nitrogen and oxygen atoms in total. The molecule has 0 spiro atoms. The number of pyridine rings is 1. The first-order valence-electron chi connectivity index (χ1n) is 7.74. The maximum absolute atomic E-state index is 12.7. The van der Waals surface area contributed by atoms with Gasteiger partial charge in [-0.3, -0.25) is 15.0 Å². The van der Waals surface area contributed by atoms with Crippen LogP contribution in [0.25, 0.3) is 0 Å². The van der Waals surface area contributed by atoms with E-state index in [1.165, 1.54) is 0 Å². The summed E-state index contributed by atoms with van der Waals surface area (Å²) in [6, 6.07) is 0.287. The number of nitrogens with zero attached hydrogens (tertiary/aromatic N) is 3. The number of nitrogens with one attached hydrogen (secondary N) is 1. The molecule has 11 heteroatoms. The summed E-state index contributed by atoms with van der Waals surface area (Å²) in [6.45, 7) is 3.41. The summed E-state index contributed by atoms with van der Waals surface area (Å²) in [6.07, 6.45) is -4.59. The van der Waals surface area contributed by atoms with Gasteiger partial charge in [0.2, 0.25) is 5.91 Å². The standard InChI is InChI=1S/C15H18ClF3N4O3/c1-9(13(24)21-14(25)26-2)22-3-5-23(6-4-22)12-11(16)7-10(8-20-12)15(17,18)19/h7-9H,3-6H2,1-2H3,(H,21,24,25)/t9-/m1/s1. The van der Waals surface area contributed by atoms with E-state index < -0.39 is 29.8 Å². The Morgan fingerprint density at radius 3 is 2.42 bits per heavy atom. The van der Waals surface area contributed by atoms with Crippen molar-refractivity contribution >= 4 is 29.4 Å². The topological polar surface area (TPSA) is 74.8 Å². The van der Waals surface area contributed by atoms with Crippen LogP contribution in [0.2, 0.25) is 5.02 Å². The van der Waals surface area contributed by atoms with E-state index in [-0.39, 0.29) is 10.8 Å². The van der Waals surface area contributed by atoms with Crippen LogP contribution in [-0.2, 0) is 15.7 Å². The Balaban J connectivity index is 1.98. The molecule has 1 aliphatic heterocycles. The number of anilines is 1. The van der Waals surface area contributed by atoms with E-state index in [0.29, 0.717) is 26.2 Å². The van der Waals surface area contributed by atoms with Crippen LogP contribution in [0.4, 0.5) is 23.8 Å². The molecule has 1 fully saturated rings. The van der Waals surface area contributed by atoms with Crippen molar-refractivity contribution in [3.63, 3.8) is 0 Å². The molecule has 2 rings (SSSR count). The molecule has 0 aromatic carbocycles. The Kier molecular flexibility index (Phi) is 6.30. The molecule has 1 aromatic rings. The zero-order valence-electron chi connectivity index (χ0n) is 14.1.